The van der Waals surface area contributed by atoms with Gasteiger partial charge in [-0.1, -0.05) is 30.3 Å². The molecule has 0 atom stereocenters. The average molecular weight is 286 g/mol. The minimum Gasteiger partial charge on any atom is -0.492 e. The fraction of sp³-hybridized carbons (Fsp3) is 0.294. The molecule has 0 radical (unpaired) electrons. The Morgan fingerprint density at radius 2 is 1.90 bits per heavy atom. The maximum absolute atomic E-state index is 9.31. The Hall–Kier alpha value is -2.20. The summed E-state index contributed by atoms with van der Waals surface area (Å²) in [7, 11) is 0. The van der Waals surface area contributed by atoms with Crippen molar-refractivity contribution in [3.63, 3.8) is 0 Å². The lowest BCUT2D eigenvalue weighted by atomic mass is 10.2. The Morgan fingerprint density at radius 1 is 1.14 bits per heavy atom. The Kier molecular flexibility index (Phi) is 5.46. The van der Waals surface area contributed by atoms with E-state index in [-0.39, 0.29) is 6.61 Å². The number of nitrogen functional groups attached to an aromatic ring is 1. The molecule has 2 rings (SSSR count). The van der Waals surface area contributed by atoms with Gasteiger partial charge in [0.05, 0.1) is 18.9 Å². The van der Waals surface area contributed by atoms with Crippen LogP contribution >= 0.6 is 0 Å². The Bertz CT molecular complexity index is 558. The Morgan fingerprint density at radius 3 is 2.57 bits per heavy atom. The largest absolute Gasteiger partial charge is 0.492 e. The molecular weight excluding hydrogens is 264 g/mol. The summed E-state index contributed by atoms with van der Waals surface area (Å²) in [6.07, 6.45) is 0. The molecule has 0 spiro atoms. The molecule has 2 aromatic rings. The highest BCUT2D eigenvalue weighted by Crippen LogP contribution is 2.28. The van der Waals surface area contributed by atoms with Gasteiger partial charge in [-0.2, -0.15) is 0 Å². The number of nitrogens with two attached hydrogens (primary N) is 1. The molecule has 0 saturated carbocycles. The summed E-state index contributed by atoms with van der Waals surface area (Å²) in [5.41, 5.74) is 8.72. The lowest BCUT2D eigenvalue weighted by Crippen LogP contribution is -2.26. The van der Waals surface area contributed by atoms with Crippen molar-refractivity contribution in [2.24, 2.45) is 0 Å². The van der Waals surface area contributed by atoms with E-state index in [0.29, 0.717) is 24.6 Å². The first kappa shape index (κ1) is 15.2. The highest BCUT2D eigenvalue weighted by molar-refractivity contribution is 5.62. The first-order valence-electron chi connectivity index (χ1n) is 7.16. The predicted molar refractivity (Wildman–Crippen MR) is 86.6 cm³/mol. The summed E-state index contributed by atoms with van der Waals surface area (Å²) < 4.78 is 5.54. The summed E-state index contributed by atoms with van der Waals surface area (Å²) in [4.78, 5) is 2.11. The van der Waals surface area contributed by atoms with Crippen molar-refractivity contribution in [3.05, 3.63) is 54.1 Å². The van der Waals surface area contributed by atoms with Crippen LogP contribution in [0.15, 0.2) is 48.5 Å². The van der Waals surface area contributed by atoms with Gasteiger partial charge in [0.15, 0.2) is 0 Å². The fourth-order valence-corrected chi connectivity index (χ4v) is 2.22. The van der Waals surface area contributed by atoms with Crippen molar-refractivity contribution in [3.8, 4) is 5.75 Å². The van der Waals surface area contributed by atoms with Crippen LogP contribution in [0.25, 0.3) is 0 Å². The second kappa shape index (κ2) is 7.55. The van der Waals surface area contributed by atoms with E-state index in [2.05, 4.69) is 17.0 Å². The van der Waals surface area contributed by atoms with Gasteiger partial charge in [0.2, 0.25) is 0 Å². The van der Waals surface area contributed by atoms with Gasteiger partial charge >= 0.3 is 0 Å². The second-order valence-electron chi connectivity index (χ2n) is 4.79. The first-order valence-corrected chi connectivity index (χ1v) is 7.16. The van der Waals surface area contributed by atoms with Gasteiger partial charge in [-0.05, 0) is 24.6 Å². The highest BCUT2D eigenvalue weighted by atomic mass is 16.5. The van der Waals surface area contributed by atoms with Crippen LogP contribution in [0.1, 0.15) is 12.5 Å². The van der Waals surface area contributed by atoms with E-state index in [1.54, 1.807) is 0 Å². The summed E-state index contributed by atoms with van der Waals surface area (Å²) in [6.45, 7) is 3.90. The summed E-state index contributed by atoms with van der Waals surface area (Å²) in [5, 5.41) is 9.31. The SMILES string of the molecule is CCOc1cc(N(CCO)Cc2ccccc2)ccc1N. The number of anilines is 2. The van der Waals surface area contributed by atoms with Crippen LogP contribution in [0.4, 0.5) is 11.4 Å². The zero-order chi connectivity index (χ0) is 15.1. The van der Waals surface area contributed by atoms with Crippen molar-refractivity contribution < 1.29 is 9.84 Å². The fourth-order valence-electron chi connectivity index (χ4n) is 2.22. The summed E-state index contributed by atoms with van der Waals surface area (Å²) in [6, 6.07) is 15.9. The molecule has 4 nitrogen and oxygen atoms in total. The van der Waals surface area contributed by atoms with E-state index in [9.17, 15) is 5.11 Å². The van der Waals surface area contributed by atoms with Crippen LogP contribution in [-0.4, -0.2) is 24.9 Å². The third-order valence-corrected chi connectivity index (χ3v) is 3.25. The van der Waals surface area contributed by atoms with Crippen molar-refractivity contribution in [2.75, 3.05) is 30.4 Å². The maximum Gasteiger partial charge on any atom is 0.144 e. The van der Waals surface area contributed by atoms with Crippen molar-refractivity contribution >= 4 is 11.4 Å². The molecule has 0 fully saturated rings. The van der Waals surface area contributed by atoms with Gasteiger partial charge in [0.1, 0.15) is 5.75 Å². The van der Waals surface area contributed by atoms with Gasteiger partial charge in [-0.15, -0.1) is 0 Å². The van der Waals surface area contributed by atoms with E-state index < -0.39 is 0 Å². The molecule has 0 heterocycles. The molecular formula is C17H22N2O2. The van der Waals surface area contributed by atoms with Crippen LogP contribution in [0.5, 0.6) is 5.75 Å². The molecule has 0 unspecified atom stereocenters. The number of aliphatic hydroxyl groups is 1. The topological polar surface area (TPSA) is 58.7 Å². The smallest absolute Gasteiger partial charge is 0.144 e. The van der Waals surface area contributed by atoms with E-state index in [1.165, 1.54) is 5.56 Å². The quantitative estimate of drug-likeness (QED) is 0.768. The number of hydrogen-bond acceptors (Lipinski definition) is 4. The van der Waals surface area contributed by atoms with Gasteiger partial charge in [0, 0.05) is 24.8 Å². The predicted octanol–water partition coefficient (Wildman–Crippen LogP) is 2.67. The second-order valence-corrected chi connectivity index (χ2v) is 4.79. The van der Waals surface area contributed by atoms with Crippen LogP contribution < -0.4 is 15.4 Å². The molecule has 0 aromatic heterocycles. The zero-order valence-corrected chi connectivity index (χ0v) is 12.3. The maximum atomic E-state index is 9.31. The van der Waals surface area contributed by atoms with E-state index in [4.69, 9.17) is 10.5 Å². The van der Waals surface area contributed by atoms with Crippen molar-refractivity contribution in [2.45, 2.75) is 13.5 Å². The lowest BCUT2D eigenvalue weighted by molar-refractivity contribution is 0.301. The number of hydrogen-bond donors (Lipinski definition) is 2. The van der Waals surface area contributed by atoms with Crippen LogP contribution in [-0.2, 0) is 6.54 Å². The third-order valence-electron chi connectivity index (χ3n) is 3.25. The van der Waals surface area contributed by atoms with Gasteiger partial charge in [-0.25, -0.2) is 0 Å². The van der Waals surface area contributed by atoms with Crippen LogP contribution in [0.2, 0.25) is 0 Å². The molecule has 3 N–H and O–H groups in total. The standard InChI is InChI=1S/C17H22N2O2/c1-2-21-17-12-15(8-9-16(17)18)19(10-11-20)13-14-6-4-3-5-7-14/h3-9,12,20H,2,10-11,13,18H2,1H3. The molecule has 112 valence electrons. The van der Waals surface area contributed by atoms with E-state index in [1.807, 2.05) is 43.3 Å². The van der Waals surface area contributed by atoms with Crippen molar-refractivity contribution in [1.29, 1.82) is 0 Å². The molecule has 21 heavy (non-hydrogen) atoms. The third kappa shape index (κ3) is 4.13. The first-order chi connectivity index (χ1) is 10.2. The Balaban J connectivity index is 2.23. The molecule has 0 amide bonds. The number of nitrogens with zero attached hydrogens (tertiary/aromatic N) is 1. The molecule has 0 bridgehead atoms. The number of ether oxygens (including phenoxy) is 1. The normalized spacial score (nSPS) is 10.4. The molecule has 0 aliphatic rings. The van der Waals surface area contributed by atoms with Crippen molar-refractivity contribution in [1.82, 2.24) is 0 Å². The lowest BCUT2D eigenvalue weighted by Gasteiger charge is -2.25. The molecule has 0 saturated heterocycles. The van der Waals surface area contributed by atoms with E-state index in [0.717, 1.165) is 12.2 Å². The molecule has 2 aromatic carbocycles. The van der Waals surface area contributed by atoms with Crippen LogP contribution in [0.3, 0.4) is 0 Å². The van der Waals surface area contributed by atoms with Gasteiger partial charge in [-0.3, -0.25) is 0 Å². The summed E-state index contributed by atoms with van der Waals surface area (Å²) >= 11 is 0. The monoisotopic (exact) mass is 286 g/mol. The van der Waals surface area contributed by atoms with Crippen LogP contribution in [0, 0.1) is 0 Å². The Labute approximate surface area is 125 Å². The number of benzene rings is 2. The minimum atomic E-state index is 0.0984. The highest BCUT2D eigenvalue weighted by Gasteiger charge is 2.10. The molecule has 0 aliphatic heterocycles. The molecule has 4 heteroatoms. The minimum absolute atomic E-state index is 0.0984. The van der Waals surface area contributed by atoms with Gasteiger partial charge < -0.3 is 20.5 Å². The molecule has 0 aliphatic carbocycles. The van der Waals surface area contributed by atoms with E-state index >= 15 is 0 Å². The number of aliphatic hydroxyl groups excluding tert-OH is 1. The zero-order valence-electron chi connectivity index (χ0n) is 12.3. The summed E-state index contributed by atoms with van der Waals surface area (Å²) in [5.74, 6) is 0.686. The number of rotatable bonds is 7. The average Bonchev–Trinajstić information content (AvgIpc) is 2.50. The van der Waals surface area contributed by atoms with Gasteiger partial charge in [0.25, 0.3) is 0 Å².